The smallest absolute Gasteiger partial charge is 0.253 e. The lowest BCUT2D eigenvalue weighted by molar-refractivity contribution is -0.115. The summed E-state index contributed by atoms with van der Waals surface area (Å²) in [5, 5.41) is 2.78. The summed E-state index contributed by atoms with van der Waals surface area (Å²) in [5.41, 5.74) is 2.24. The van der Waals surface area contributed by atoms with Crippen LogP contribution in [0.25, 0.3) is 0 Å². The molecule has 5 nitrogen and oxygen atoms in total. The number of nitrogens with zero attached hydrogens (tertiary/aromatic N) is 1. The van der Waals surface area contributed by atoms with E-state index in [-0.39, 0.29) is 17.9 Å². The van der Waals surface area contributed by atoms with Crippen molar-refractivity contribution >= 4 is 17.5 Å². The van der Waals surface area contributed by atoms with E-state index < -0.39 is 0 Å². The molecule has 0 saturated carbocycles. The minimum atomic E-state index is -0.0833. The lowest BCUT2D eigenvalue weighted by atomic mass is 10.0. The second-order valence-electron chi connectivity index (χ2n) is 6.26. The van der Waals surface area contributed by atoms with Crippen molar-refractivity contribution in [2.75, 3.05) is 19.5 Å². The van der Waals surface area contributed by atoms with E-state index in [9.17, 15) is 9.59 Å². The predicted octanol–water partition coefficient (Wildman–Crippen LogP) is 3.75. The number of amides is 2. The average molecular weight is 354 g/mol. The number of ether oxygens (including phenoxy) is 1. The molecule has 5 heteroatoms. The van der Waals surface area contributed by atoms with E-state index in [0.717, 1.165) is 11.3 Å². The average Bonchev–Trinajstić information content (AvgIpc) is 2.67. The van der Waals surface area contributed by atoms with Gasteiger partial charge in [0, 0.05) is 30.8 Å². The normalized spacial score (nSPS) is 11.5. The summed E-state index contributed by atoms with van der Waals surface area (Å²) < 4.78 is 5.39. The van der Waals surface area contributed by atoms with E-state index in [1.54, 1.807) is 50.2 Å². The van der Waals surface area contributed by atoms with Gasteiger partial charge < -0.3 is 15.0 Å². The highest BCUT2D eigenvalue weighted by Gasteiger charge is 2.19. The molecule has 0 aromatic heterocycles. The predicted molar refractivity (Wildman–Crippen MR) is 104 cm³/mol. The van der Waals surface area contributed by atoms with Gasteiger partial charge in [0.25, 0.3) is 5.91 Å². The standard InChI is InChI=1S/C21H26N2O3/c1-5-20(24)22-18-11-8-10-17(14-18)21(25)23(3)15(2)13-16-9-6-7-12-19(16)26-4/h6-12,14-15H,5,13H2,1-4H3,(H,22,24)/t15-/m1/s1. The summed E-state index contributed by atoms with van der Waals surface area (Å²) in [6.07, 6.45) is 1.09. The van der Waals surface area contributed by atoms with Gasteiger partial charge >= 0.3 is 0 Å². The fourth-order valence-corrected chi connectivity index (χ4v) is 2.71. The van der Waals surface area contributed by atoms with Crippen LogP contribution in [-0.4, -0.2) is 36.9 Å². The summed E-state index contributed by atoms with van der Waals surface area (Å²) in [6, 6.07) is 14.8. The Morgan fingerprint density at radius 3 is 2.58 bits per heavy atom. The minimum absolute atomic E-state index is 0.00677. The number of para-hydroxylation sites is 1. The van der Waals surface area contributed by atoms with Crippen LogP contribution in [0.2, 0.25) is 0 Å². The molecule has 0 fully saturated rings. The summed E-state index contributed by atoms with van der Waals surface area (Å²) >= 11 is 0. The van der Waals surface area contributed by atoms with Gasteiger partial charge in [-0.25, -0.2) is 0 Å². The maximum absolute atomic E-state index is 12.8. The first-order chi connectivity index (χ1) is 12.5. The number of carbonyl (C=O) groups excluding carboxylic acids is 2. The number of hydrogen-bond acceptors (Lipinski definition) is 3. The molecular formula is C21H26N2O3. The Balaban J connectivity index is 2.11. The third kappa shape index (κ3) is 4.85. The van der Waals surface area contributed by atoms with Gasteiger partial charge in [0.1, 0.15) is 5.75 Å². The molecule has 0 aliphatic heterocycles. The van der Waals surface area contributed by atoms with Crippen molar-refractivity contribution in [1.29, 1.82) is 0 Å². The first kappa shape index (κ1) is 19.5. The number of rotatable bonds is 7. The van der Waals surface area contributed by atoms with Crippen molar-refractivity contribution in [2.24, 2.45) is 0 Å². The maximum atomic E-state index is 12.8. The third-order valence-corrected chi connectivity index (χ3v) is 4.40. The van der Waals surface area contributed by atoms with Gasteiger partial charge in [-0.2, -0.15) is 0 Å². The van der Waals surface area contributed by atoms with Gasteiger partial charge in [0.2, 0.25) is 5.91 Å². The summed E-state index contributed by atoms with van der Waals surface area (Å²) in [7, 11) is 3.44. The molecule has 0 radical (unpaired) electrons. The zero-order valence-corrected chi connectivity index (χ0v) is 15.8. The number of likely N-dealkylation sites (N-methyl/N-ethyl adjacent to an activating group) is 1. The van der Waals surface area contributed by atoms with Crippen molar-refractivity contribution in [2.45, 2.75) is 32.7 Å². The largest absolute Gasteiger partial charge is 0.496 e. The Morgan fingerprint density at radius 1 is 1.15 bits per heavy atom. The van der Waals surface area contributed by atoms with Gasteiger partial charge in [-0.05, 0) is 43.2 Å². The van der Waals surface area contributed by atoms with Crippen LogP contribution < -0.4 is 10.1 Å². The quantitative estimate of drug-likeness (QED) is 0.824. The third-order valence-electron chi connectivity index (χ3n) is 4.40. The van der Waals surface area contributed by atoms with Crippen molar-refractivity contribution < 1.29 is 14.3 Å². The minimum Gasteiger partial charge on any atom is -0.496 e. The van der Waals surface area contributed by atoms with Crippen LogP contribution in [0.1, 0.15) is 36.2 Å². The van der Waals surface area contributed by atoms with E-state index in [4.69, 9.17) is 4.74 Å². The van der Waals surface area contributed by atoms with Crippen LogP contribution in [0.15, 0.2) is 48.5 Å². The maximum Gasteiger partial charge on any atom is 0.253 e. The Hall–Kier alpha value is -2.82. The molecule has 2 aromatic carbocycles. The number of anilines is 1. The van der Waals surface area contributed by atoms with Gasteiger partial charge in [-0.1, -0.05) is 31.2 Å². The van der Waals surface area contributed by atoms with Gasteiger partial charge in [-0.15, -0.1) is 0 Å². The molecule has 0 bridgehead atoms. The second kappa shape index (κ2) is 9.04. The molecule has 1 atom stereocenters. The van der Waals surface area contributed by atoms with Crippen LogP contribution in [0.5, 0.6) is 5.75 Å². The first-order valence-corrected chi connectivity index (χ1v) is 8.75. The van der Waals surface area contributed by atoms with Gasteiger partial charge in [0.05, 0.1) is 7.11 Å². The molecule has 2 amide bonds. The molecule has 26 heavy (non-hydrogen) atoms. The Kier molecular flexibility index (Phi) is 6.78. The molecule has 1 N–H and O–H groups in total. The fraction of sp³-hybridized carbons (Fsp3) is 0.333. The zero-order valence-electron chi connectivity index (χ0n) is 15.8. The lowest BCUT2D eigenvalue weighted by Gasteiger charge is -2.26. The number of hydrogen-bond donors (Lipinski definition) is 1. The fourth-order valence-electron chi connectivity index (χ4n) is 2.71. The van der Waals surface area contributed by atoms with E-state index in [2.05, 4.69) is 5.32 Å². The number of benzene rings is 2. The molecule has 0 aliphatic carbocycles. The highest BCUT2D eigenvalue weighted by atomic mass is 16.5. The molecule has 0 spiro atoms. The summed E-state index contributed by atoms with van der Waals surface area (Å²) in [6.45, 7) is 3.80. The number of nitrogens with one attached hydrogen (secondary N) is 1. The Morgan fingerprint density at radius 2 is 1.88 bits per heavy atom. The van der Waals surface area contributed by atoms with E-state index >= 15 is 0 Å². The van der Waals surface area contributed by atoms with Crippen molar-refractivity contribution in [3.8, 4) is 5.75 Å². The highest BCUT2D eigenvalue weighted by molar-refractivity contribution is 5.97. The van der Waals surface area contributed by atoms with Gasteiger partial charge in [0.15, 0.2) is 0 Å². The molecule has 0 saturated heterocycles. The molecule has 138 valence electrons. The van der Waals surface area contributed by atoms with Crippen molar-refractivity contribution in [3.05, 3.63) is 59.7 Å². The van der Waals surface area contributed by atoms with E-state index in [0.29, 0.717) is 24.1 Å². The molecule has 0 aliphatic rings. The molecule has 0 heterocycles. The Bertz CT molecular complexity index is 773. The molecule has 2 rings (SSSR count). The van der Waals surface area contributed by atoms with Gasteiger partial charge in [-0.3, -0.25) is 9.59 Å². The highest BCUT2D eigenvalue weighted by Crippen LogP contribution is 2.21. The Labute approximate surface area is 155 Å². The number of carbonyl (C=O) groups is 2. The van der Waals surface area contributed by atoms with Crippen LogP contribution in [0.4, 0.5) is 5.69 Å². The molecular weight excluding hydrogens is 328 g/mol. The first-order valence-electron chi connectivity index (χ1n) is 8.75. The van der Waals surface area contributed by atoms with Crippen LogP contribution in [-0.2, 0) is 11.2 Å². The van der Waals surface area contributed by atoms with Crippen LogP contribution in [0.3, 0.4) is 0 Å². The molecule has 2 aromatic rings. The topological polar surface area (TPSA) is 58.6 Å². The monoisotopic (exact) mass is 354 g/mol. The van der Waals surface area contributed by atoms with Crippen LogP contribution >= 0.6 is 0 Å². The van der Waals surface area contributed by atoms with Crippen LogP contribution in [0, 0.1) is 0 Å². The van der Waals surface area contributed by atoms with Crippen molar-refractivity contribution in [3.63, 3.8) is 0 Å². The second-order valence-corrected chi connectivity index (χ2v) is 6.26. The summed E-state index contributed by atoms with van der Waals surface area (Å²) in [4.78, 5) is 26.1. The SMILES string of the molecule is CCC(=O)Nc1cccc(C(=O)N(C)[C@H](C)Cc2ccccc2OC)c1. The lowest BCUT2D eigenvalue weighted by Crippen LogP contribution is -2.36. The van der Waals surface area contributed by atoms with Crippen molar-refractivity contribution in [1.82, 2.24) is 4.90 Å². The van der Waals surface area contributed by atoms with E-state index in [1.165, 1.54) is 0 Å². The molecule has 0 unspecified atom stereocenters. The zero-order chi connectivity index (χ0) is 19.1. The number of methoxy groups -OCH3 is 1. The van der Waals surface area contributed by atoms with E-state index in [1.807, 2.05) is 31.2 Å². The summed E-state index contributed by atoms with van der Waals surface area (Å²) in [5.74, 6) is 0.664.